The van der Waals surface area contributed by atoms with Crippen molar-refractivity contribution in [2.45, 2.75) is 40.0 Å². The summed E-state index contributed by atoms with van der Waals surface area (Å²) in [7, 11) is 0. The second kappa shape index (κ2) is 9.57. The molecule has 6 nitrogen and oxygen atoms in total. The molecule has 0 bridgehead atoms. The quantitative estimate of drug-likeness (QED) is 0.549. The third kappa shape index (κ3) is 5.26. The summed E-state index contributed by atoms with van der Waals surface area (Å²) in [6, 6.07) is 12.6. The van der Waals surface area contributed by atoms with Crippen LogP contribution >= 0.6 is 0 Å². The highest BCUT2D eigenvalue weighted by Crippen LogP contribution is 2.27. The Morgan fingerprint density at radius 2 is 1.77 bits per heavy atom. The molecule has 0 aromatic heterocycles. The van der Waals surface area contributed by atoms with Gasteiger partial charge in [0.2, 0.25) is 11.8 Å². The SMILES string of the molecule is CCCCOC(=O)c1ccc(NC(=O)[C@@H]2CC(=O)N(c3cc(C)cc(C)c3)C2)cc1. The van der Waals surface area contributed by atoms with Gasteiger partial charge in [-0.2, -0.15) is 0 Å². The summed E-state index contributed by atoms with van der Waals surface area (Å²) in [6.45, 7) is 6.77. The van der Waals surface area contributed by atoms with Crippen molar-refractivity contribution in [2.24, 2.45) is 5.92 Å². The Kier molecular flexibility index (Phi) is 6.87. The number of aryl methyl sites for hydroxylation is 2. The first-order chi connectivity index (χ1) is 14.4. The summed E-state index contributed by atoms with van der Waals surface area (Å²) in [5, 5.41) is 2.85. The van der Waals surface area contributed by atoms with Gasteiger partial charge in [0, 0.05) is 24.3 Å². The van der Waals surface area contributed by atoms with Crippen LogP contribution in [0.2, 0.25) is 0 Å². The van der Waals surface area contributed by atoms with Gasteiger partial charge in [-0.3, -0.25) is 9.59 Å². The van der Waals surface area contributed by atoms with E-state index in [9.17, 15) is 14.4 Å². The number of unbranched alkanes of at least 4 members (excludes halogenated alkanes) is 1. The van der Waals surface area contributed by atoms with E-state index < -0.39 is 5.92 Å². The lowest BCUT2D eigenvalue weighted by molar-refractivity contribution is -0.122. The number of hydrogen-bond acceptors (Lipinski definition) is 4. The summed E-state index contributed by atoms with van der Waals surface area (Å²) in [5.74, 6) is -1.04. The topological polar surface area (TPSA) is 75.7 Å². The molecule has 2 amide bonds. The number of hydrogen-bond donors (Lipinski definition) is 1. The molecule has 0 spiro atoms. The number of anilines is 2. The van der Waals surface area contributed by atoms with Crippen molar-refractivity contribution >= 4 is 29.2 Å². The first-order valence-corrected chi connectivity index (χ1v) is 10.3. The van der Waals surface area contributed by atoms with E-state index in [4.69, 9.17) is 4.74 Å². The predicted octanol–water partition coefficient (Wildman–Crippen LogP) is 4.25. The minimum atomic E-state index is -0.419. The summed E-state index contributed by atoms with van der Waals surface area (Å²) in [4.78, 5) is 38.8. The van der Waals surface area contributed by atoms with Gasteiger partial charge in [-0.25, -0.2) is 4.79 Å². The number of nitrogens with zero attached hydrogens (tertiary/aromatic N) is 1. The summed E-state index contributed by atoms with van der Waals surface area (Å²) >= 11 is 0. The van der Waals surface area contributed by atoms with Crippen LogP contribution in [0.15, 0.2) is 42.5 Å². The third-order valence-electron chi connectivity index (χ3n) is 5.13. The molecule has 1 atom stereocenters. The molecule has 30 heavy (non-hydrogen) atoms. The van der Waals surface area contributed by atoms with Gasteiger partial charge in [0.1, 0.15) is 0 Å². The van der Waals surface area contributed by atoms with Crippen molar-refractivity contribution in [3.05, 3.63) is 59.2 Å². The molecule has 0 radical (unpaired) electrons. The van der Waals surface area contributed by atoms with Crippen LogP contribution in [0.5, 0.6) is 0 Å². The van der Waals surface area contributed by atoms with Crippen molar-refractivity contribution in [3.63, 3.8) is 0 Å². The van der Waals surface area contributed by atoms with Crippen LogP contribution in [0, 0.1) is 19.8 Å². The number of ether oxygens (including phenoxy) is 1. The van der Waals surface area contributed by atoms with E-state index in [1.807, 2.05) is 32.9 Å². The number of nitrogens with one attached hydrogen (secondary N) is 1. The van der Waals surface area contributed by atoms with Crippen LogP contribution in [0.4, 0.5) is 11.4 Å². The van der Waals surface area contributed by atoms with Gasteiger partial charge in [0.05, 0.1) is 18.1 Å². The number of carbonyl (C=O) groups is 3. The van der Waals surface area contributed by atoms with E-state index in [2.05, 4.69) is 11.4 Å². The molecular formula is C24H28N2O4. The number of amides is 2. The maximum atomic E-state index is 12.7. The van der Waals surface area contributed by atoms with E-state index in [0.29, 0.717) is 24.4 Å². The first-order valence-electron chi connectivity index (χ1n) is 10.3. The van der Waals surface area contributed by atoms with Gasteiger partial charge in [-0.05, 0) is 67.8 Å². The zero-order valence-corrected chi connectivity index (χ0v) is 17.7. The molecule has 1 heterocycles. The Morgan fingerprint density at radius 1 is 1.10 bits per heavy atom. The maximum Gasteiger partial charge on any atom is 0.338 e. The predicted molar refractivity (Wildman–Crippen MR) is 117 cm³/mol. The molecule has 1 N–H and O–H groups in total. The smallest absolute Gasteiger partial charge is 0.338 e. The van der Waals surface area contributed by atoms with Gasteiger partial charge in [-0.15, -0.1) is 0 Å². The summed E-state index contributed by atoms with van der Waals surface area (Å²) < 4.78 is 5.18. The molecular weight excluding hydrogens is 380 g/mol. The van der Waals surface area contributed by atoms with Crippen molar-refractivity contribution in [3.8, 4) is 0 Å². The fourth-order valence-corrected chi connectivity index (χ4v) is 3.57. The summed E-state index contributed by atoms with van der Waals surface area (Å²) in [6.07, 6.45) is 1.97. The molecule has 1 aliphatic rings. The van der Waals surface area contributed by atoms with Crippen LogP contribution in [0.25, 0.3) is 0 Å². The van der Waals surface area contributed by atoms with Crippen molar-refractivity contribution in [1.29, 1.82) is 0 Å². The maximum absolute atomic E-state index is 12.7. The lowest BCUT2D eigenvalue weighted by Gasteiger charge is -2.18. The van der Waals surface area contributed by atoms with Crippen molar-refractivity contribution in [2.75, 3.05) is 23.4 Å². The first kappa shape index (κ1) is 21.6. The lowest BCUT2D eigenvalue weighted by Crippen LogP contribution is -2.28. The second-order valence-corrected chi connectivity index (χ2v) is 7.81. The molecule has 2 aromatic rings. The Hall–Kier alpha value is -3.15. The average Bonchev–Trinajstić information content (AvgIpc) is 3.10. The van der Waals surface area contributed by atoms with Crippen molar-refractivity contribution in [1.82, 2.24) is 0 Å². The van der Waals surface area contributed by atoms with Gasteiger partial charge in [0.25, 0.3) is 0 Å². The number of rotatable bonds is 7. The zero-order chi connectivity index (χ0) is 21.7. The molecule has 1 saturated heterocycles. The normalized spacial score (nSPS) is 15.9. The standard InChI is InChI=1S/C24H28N2O4/c1-4-5-10-30-24(29)18-6-8-20(9-7-18)25-23(28)19-14-22(27)26(15-19)21-12-16(2)11-17(3)13-21/h6-9,11-13,19H,4-5,10,14-15H2,1-3H3,(H,25,28)/t19-/m1/s1. The monoisotopic (exact) mass is 408 g/mol. The fourth-order valence-electron chi connectivity index (χ4n) is 3.57. The lowest BCUT2D eigenvalue weighted by atomic mass is 10.1. The number of benzene rings is 2. The minimum absolute atomic E-state index is 0.0506. The minimum Gasteiger partial charge on any atom is -0.462 e. The van der Waals surface area contributed by atoms with E-state index in [0.717, 1.165) is 29.7 Å². The van der Waals surface area contributed by atoms with Crippen LogP contribution < -0.4 is 10.2 Å². The largest absolute Gasteiger partial charge is 0.462 e. The molecule has 0 aliphatic carbocycles. The van der Waals surface area contributed by atoms with Crippen LogP contribution in [0.1, 0.15) is 47.7 Å². The second-order valence-electron chi connectivity index (χ2n) is 7.81. The number of esters is 1. The van der Waals surface area contributed by atoms with Crippen LogP contribution in [-0.2, 0) is 14.3 Å². The van der Waals surface area contributed by atoms with Crippen molar-refractivity contribution < 1.29 is 19.1 Å². The van der Waals surface area contributed by atoms with Gasteiger partial charge >= 0.3 is 5.97 Å². The molecule has 3 rings (SSSR count). The van der Waals surface area contributed by atoms with E-state index >= 15 is 0 Å². The molecule has 2 aromatic carbocycles. The van der Waals surface area contributed by atoms with E-state index in [-0.39, 0.29) is 24.2 Å². The van der Waals surface area contributed by atoms with E-state index in [1.54, 1.807) is 29.2 Å². The summed E-state index contributed by atoms with van der Waals surface area (Å²) in [5.41, 5.74) is 4.03. The highest BCUT2D eigenvalue weighted by Gasteiger charge is 2.35. The van der Waals surface area contributed by atoms with Gasteiger partial charge in [-0.1, -0.05) is 19.4 Å². The molecule has 158 valence electrons. The highest BCUT2D eigenvalue weighted by atomic mass is 16.5. The molecule has 1 aliphatic heterocycles. The van der Waals surface area contributed by atoms with Gasteiger partial charge in [0.15, 0.2) is 0 Å². The molecule has 1 fully saturated rings. The Morgan fingerprint density at radius 3 is 2.40 bits per heavy atom. The third-order valence-corrected chi connectivity index (χ3v) is 5.13. The average molecular weight is 408 g/mol. The highest BCUT2D eigenvalue weighted by molar-refractivity contribution is 6.03. The van der Waals surface area contributed by atoms with Gasteiger partial charge < -0.3 is 15.0 Å². The molecule has 6 heteroatoms. The fraction of sp³-hybridized carbons (Fsp3) is 0.375. The van der Waals surface area contributed by atoms with Crippen LogP contribution in [0.3, 0.4) is 0 Å². The number of carbonyl (C=O) groups excluding carboxylic acids is 3. The molecule has 0 saturated carbocycles. The Bertz CT molecular complexity index is 916. The zero-order valence-electron chi connectivity index (χ0n) is 17.7. The Balaban J connectivity index is 1.60. The van der Waals surface area contributed by atoms with E-state index in [1.165, 1.54) is 0 Å². The van der Waals surface area contributed by atoms with Crippen LogP contribution in [-0.4, -0.2) is 30.9 Å². The molecule has 0 unspecified atom stereocenters. The Labute approximate surface area is 177 Å².